The van der Waals surface area contributed by atoms with Crippen LogP contribution in [0.5, 0.6) is 0 Å². The summed E-state index contributed by atoms with van der Waals surface area (Å²) in [5.74, 6) is 1.66. The van der Waals surface area contributed by atoms with E-state index in [2.05, 4.69) is 26.0 Å². The van der Waals surface area contributed by atoms with Gasteiger partial charge in [0.2, 0.25) is 0 Å². The van der Waals surface area contributed by atoms with Crippen molar-refractivity contribution in [2.75, 3.05) is 0 Å². The summed E-state index contributed by atoms with van der Waals surface area (Å²) >= 11 is 0. The third-order valence-corrected chi connectivity index (χ3v) is 2.74. The number of fused-ring (bicyclic) bond motifs is 2. The van der Waals surface area contributed by atoms with E-state index in [1.54, 1.807) is 11.1 Å². The first-order chi connectivity index (χ1) is 4.79. The average Bonchev–Trinajstić information content (AvgIpc) is 2.43. The lowest BCUT2D eigenvalue weighted by atomic mass is 10.00. The van der Waals surface area contributed by atoms with Gasteiger partial charge in [-0.15, -0.1) is 0 Å². The molecule has 0 saturated heterocycles. The van der Waals surface area contributed by atoms with Crippen LogP contribution in [0.3, 0.4) is 0 Å². The average molecular weight is 134 g/mol. The molecule has 54 valence electrons. The van der Waals surface area contributed by atoms with E-state index in [4.69, 9.17) is 0 Å². The predicted octanol–water partition coefficient (Wildman–Crippen LogP) is 2.92. The van der Waals surface area contributed by atoms with E-state index < -0.39 is 0 Å². The van der Waals surface area contributed by atoms with Crippen LogP contribution in [0.25, 0.3) is 0 Å². The molecule has 0 N–H and O–H groups in total. The number of rotatable bonds is 0. The predicted molar refractivity (Wildman–Crippen MR) is 43.7 cm³/mol. The molecule has 2 atom stereocenters. The Kier molecular flexibility index (Phi) is 1.23. The molecule has 0 unspecified atom stereocenters. The fourth-order valence-electron chi connectivity index (χ4n) is 2.35. The molecule has 0 radical (unpaired) electrons. The van der Waals surface area contributed by atoms with Gasteiger partial charge in [-0.1, -0.05) is 23.3 Å². The van der Waals surface area contributed by atoms with Crippen molar-refractivity contribution in [2.45, 2.75) is 26.7 Å². The van der Waals surface area contributed by atoms with E-state index in [0.29, 0.717) is 0 Å². The molecule has 10 heavy (non-hydrogen) atoms. The van der Waals surface area contributed by atoms with Crippen molar-refractivity contribution in [3.63, 3.8) is 0 Å². The maximum atomic E-state index is 2.39. The zero-order chi connectivity index (χ0) is 7.14. The van der Waals surface area contributed by atoms with E-state index in [1.807, 2.05) is 0 Å². The molecule has 1 saturated carbocycles. The van der Waals surface area contributed by atoms with Crippen LogP contribution in [-0.4, -0.2) is 0 Å². The van der Waals surface area contributed by atoms with E-state index in [-0.39, 0.29) is 0 Å². The van der Waals surface area contributed by atoms with Gasteiger partial charge in [0.1, 0.15) is 0 Å². The lowest BCUT2D eigenvalue weighted by molar-refractivity contribution is 0.705. The van der Waals surface area contributed by atoms with Gasteiger partial charge in [0, 0.05) is 0 Å². The molecule has 2 bridgehead atoms. The van der Waals surface area contributed by atoms with Gasteiger partial charge < -0.3 is 0 Å². The van der Waals surface area contributed by atoms with Crippen LogP contribution in [0.4, 0.5) is 0 Å². The van der Waals surface area contributed by atoms with Gasteiger partial charge in [-0.3, -0.25) is 0 Å². The molecule has 0 nitrogen and oxygen atoms in total. The third kappa shape index (κ3) is 0.681. The first-order valence-corrected chi connectivity index (χ1v) is 4.14. The molecule has 1 fully saturated rings. The van der Waals surface area contributed by atoms with Crippen molar-refractivity contribution in [1.82, 2.24) is 0 Å². The van der Waals surface area contributed by atoms with Gasteiger partial charge in [-0.25, -0.2) is 0 Å². The summed E-state index contributed by atoms with van der Waals surface area (Å²) in [5, 5.41) is 0. The lowest BCUT2D eigenvalue weighted by Crippen LogP contribution is -1.92. The second-order valence-electron chi connectivity index (χ2n) is 3.63. The van der Waals surface area contributed by atoms with E-state index in [1.165, 1.54) is 12.8 Å². The molecular weight excluding hydrogens is 120 g/mol. The SMILES string of the molecule is CC(C)=C1[C@@H]2C=C[C@@H]1CC2. The van der Waals surface area contributed by atoms with Crippen LogP contribution in [-0.2, 0) is 0 Å². The summed E-state index contributed by atoms with van der Waals surface area (Å²) < 4.78 is 0. The second kappa shape index (κ2) is 1.98. The summed E-state index contributed by atoms with van der Waals surface area (Å²) in [6, 6.07) is 0. The lowest BCUT2D eigenvalue weighted by Gasteiger charge is -2.05. The molecule has 2 aliphatic carbocycles. The van der Waals surface area contributed by atoms with Crippen molar-refractivity contribution >= 4 is 0 Å². The van der Waals surface area contributed by atoms with Crippen molar-refractivity contribution in [3.05, 3.63) is 23.3 Å². The maximum Gasteiger partial charge on any atom is -0.00144 e. The van der Waals surface area contributed by atoms with Crippen molar-refractivity contribution in [2.24, 2.45) is 11.8 Å². The molecule has 0 heteroatoms. The van der Waals surface area contributed by atoms with Gasteiger partial charge >= 0.3 is 0 Å². The Morgan fingerprint density at radius 3 is 1.90 bits per heavy atom. The summed E-state index contributed by atoms with van der Waals surface area (Å²) in [7, 11) is 0. The molecule has 2 aliphatic rings. The van der Waals surface area contributed by atoms with E-state index in [0.717, 1.165) is 11.8 Å². The van der Waals surface area contributed by atoms with Gasteiger partial charge in [0.25, 0.3) is 0 Å². The van der Waals surface area contributed by atoms with Crippen LogP contribution in [0, 0.1) is 11.8 Å². The molecule has 0 heterocycles. The third-order valence-electron chi connectivity index (χ3n) is 2.74. The minimum absolute atomic E-state index is 0.829. The Morgan fingerprint density at radius 1 is 1.20 bits per heavy atom. The molecule has 0 aromatic heterocycles. The summed E-state index contributed by atoms with van der Waals surface area (Å²) in [5.41, 5.74) is 3.28. The first-order valence-electron chi connectivity index (χ1n) is 4.14. The molecule has 0 spiro atoms. The minimum Gasteiger partial charge on any atom is -0.0807 e. The van der Waals surface area contributed by atoms with E-state index >= 15 is 0 Å². The number of hydrogen-bond acceptors (Lipinski definition) is 0. The van der Waals surface area contributed by atoms with Gasteiger partial charge in [0.05, 0.1) is 0 Å². The summed E-state index contributed by atoms with van der Waals surface area (Å²) in [4.78, 5) is 0. The molecule has 0 aromatic carbocycles. The molecular formula is C10H14. The highest BCUT2D eigenvalue weighted by Gasteiger charge is 2.32. The zero-order valence-electron chi connectivity index (χ0n) is 6.72. The highest BCUT2D eigenvalue weighted by Crippen LogP contribution is 2.45. The zero-order valence-corrected chi connectivity index (χ0v) is 6.72. The Bertz CT molecular complexity index is 188. The second-order valence-corrected chi connectivity index (χ2v) is 3.63. The monoisotopic (exact) mass is 134 g/mol. The van der Waals surface area contributed by atoms with Crippen molar-refractivity contribution in [3.8, 4) is 0 Å². The number of allylic oxidation sites excluding steroid dienone is 4. The van der Waals surface area contributed by atoms with Gasteiger partial charge in [-0.05, 0) is 38.5 Å². The number of hydrogen-bond donors (Lipinski definition) is 0. The van der Waals surface area contributed by atoms with Crippen molar-refractivity contribution < 1.29 is 0 Å². The van der Waals surface area contributed by atoms with Gasteiger partial charge in [-0.2, -0.15) is 0 Å². The first kappa shape index (κ1) is 6.21. The highest BCUT2D eigenvalue weighted by atomic mass is 14.4. The maximum absolute atomic E-state index is 2.39. The fourth-order valence-corrected chi connectivity index (χ4v) is 2.35. The summed E-state index contributed by atoms with van der Waals surface area (Å²) in [6.07, 6.45) is 7.58. The normalized spacial score (nSPS) is 35.6. The molecule has 0 amide bonds. The highest BCUT2D eigenvalue weighted by molar-refractivity contribution is 5.34. The largest absolute Gasteiger partial charge is 0.0807 e. The molecule has 0 aromatic rings. The van der Waals surface area contributed by atoms with Crippen LogP contribution < -0.4 is 0 Å². The minimum atomic E-state index is 0.829. The van der Waals surface area contributed by atoms with Gasteiger partial charge in [0.15, 0.2) is 0 Å². The standard InChI is InChI=1S/C10H14/c1-7(2)10-8-3-4-9(10)6-5-8/h3-4,8-9H,5-6H2,1-2H3/t8-,9-/m1/s1. The van der Waals surface area contributed by atoms with Crippen LogP contribution in [0.2, 0.25) is 0 Å². The quantitative estimate of drug-likeness (QED) is 0.447. The van der Waals surface area contributed by atoms with E-state index in [9.17, 15) is 0 Å². The Balaban J connectivity index is 2.39. The topological polar surface area (TPSA) is 0 Å². The fraction of sp³-hybridized carbons (Fsp3) is 0.600. The summed E-state index contributed by atoms with van der Waals surface area (Å²) in [6.45, 7) is 4.49. The molecule has 0 aliphatic heterocycles. The Labute approximate surface area is 62.6 Å². The Morgan fingerprint density at radius 2 is 1.70 bits per heavy atom. The Hall–Kier alpha value is -0.520. The van der Waals surface area contributed by atoms with Crippen LogP contribution in [0.1, 0.15) is 26.7 Å². The van der Waals surface area contributed by atoms with Crippen molar-refractivity contribution in [1.29, 1.82) is 0 Å². The molecule has 2 rings (SSSR count). The smallest absolute Gasteiger partial charge is 0.00144 e. The van der Waals surface area contributed by atoms with Crippen LogP contribution in [0.15, 0.2) is 23.3 Å². The van der Waals surface area contributed by atoms with Crippen LogP contribution >= 0.6 is 0 Å².